The predicted octanol–water partition coefficient (Wildman–Crippen LogP) is 4.51. The highest BCUT2D eigenvalue weighted by molar-refractivity contribution is 5.60. The van der Waals surface area contributed by atoms with Crippen LogP contribution >= 0.6 is 0 Å². The first-order chi connectivity index (χ1) is 12.6. The van der Waals surface area contributed by atoms with Gasteiger partial charge < -0.3 is 10.1 Å². The lowest BCUT2D eigenvalue weighted by Crippen LogP contribution is -2.06. The molecule has 0 saturated heterocycles. The summed E-state index contributed by atoms with van der Waals surface area (Å²) in [7, 11) is 0. The van der Waals surface area contributed by atoms with Crippen LogP contribution in [-0.4, -0.2) is 9.97 Å². The average Bonchev–Trinajstić information content (AvgIpc) is 2.60. The van der Waals surface area contributed by atoms with Crippen molar-refractivity contribution in [3.63, 3.8) is 0 Å². The Bertz CT molecular complexity index is 982. The van der Waals surface area contributed by atoms with Crippen molar-refractivity contribution in [2.24, 2.45) is 0 Å². The topological polar surface area (TPSA) is 70.8 Å². The Labute approximate surface area is 151 Å². The van der Waals surface area contributed by atoms with Crippen LogP contribution in [0.4, 0.5) is 10.1 Å². The van der Waals surface area contributed by atoms with E-state index in [1.54, 1.807) is 31.3 Å². The number of nitriles is 1. The Morgan fingerprint density at radius 2 is 2.04 bits per heavy atom. The van der Waals surface area contributed by atoms with Gasteiger partial charge in [0.2, 0.25) is 5.88 Å². The number of aryl methyl sites for hydroxylation is 2. The summed E-state index contributed by atoms with van der Waals surface area (Å²) >= 11 is 0. The van der Waals surface area contributed by atoms with Crippen molar-refractivity contribution in [3.05, 3.63) is 77.0 Å². The number of ether oxygens (including phenoxy) is 1. The van der Waals surface area contributed by atoms with E-state index in [0.29, 0.717) is 35.1 Å². The van der Waals surface area contributed by atoms with Crippen LogP contribution in [0.5, 0.6) is 11.6 Å². The van der Waals surface area contributed by atoms with Gasteiger partial charge in [0, 0.05) is 30.1 Å². The number of hydrogen-bond acceptors (Lipinski definition) is 5. The van der Waals surface area contributed by atoms with Crippen molar-refractivity contribution in [1.29, 1.82) is 5.26 Å². The van der Waals surface area contributed by atoms with Gasteiger partial charge in [0.25, 0.3) is 0 Å². The van der Waals surface area contributed by atoms with E-state index in [2.05, 4.69) is 21.4 Å². The number of pyridine rings is 2. The minimum atomic E-state index is -0.375. The first-order valence-corrected chi connectivity index (χ1v) is 8.06. The van der Waals surface area contributed by atoms with Gasteiger partial charge in [0.1, 0.15) is 17.6 Å². The van der Waals surface area contributed by atoms with E-state index in [4.69, 9.17) is 4.74 Å². The molecule has 2 aromatic heterocycles. The highest BCUT2D eigenvalue weighted by Crippen LogP contribution is 2.25. The Balaban J connectivity index is 1.83. The minimum Gasteiger partial charge on any atom is -0.439 e. The first kappa shape index (κ1) is 17.4. The second-order valence-corrected chi connectivity index (χ2v) is 5.76. The standard InChI is InChI=1S/C20H17FN4O/c1-13-9-19(18(11-22)14(2)25-13)24-12-15-5-4-8-23-20(15)26-17-7-3-6-16(21)10-17/h3-10H,12H2,1-2H3,(H,24,25). The van der Waals surface area contributed by atoms with E-state index < -0.39 is 0 Å². The lowest BCUT2D eigenvalue weighted by atomic mass is 10.1. The number of aromatic nitrogens is 2. The van der Waals surface area contributed by atoms with Crippen LogP contribution in [0.15, 0.2) is 48.7 Å². The third-order valence-corrected chi connectivity index (χ3v) is 3.77. The molecule has 0 saturated carbocycles. The lowest BCUT2D eigenvalue weighted by molar-refractivity contribution is 0.452. The smallest absolute Gasteiger partial charge is 0.224 e. The van der Waals surface area contributed by atoms with Gasteiger partial charge in [-0.1, -0.05) is 12.1 Å². The maximum atomic E-state index is 13.3. The van der Waals surface area contributed by atoms with Crippen LogP contribution in [0.1, 0.15) is 22.5 Å². The van der Waals surface area contributed by atoms with E-state index in [1.807, 2.05) is 19.1 Å². The molecule has 1 N–H and O–H groups in total. The van der Waals surface area contributed by atoms with Crippen molar-refractivity contribution in [2.75, 3.05) is 5.32 Å². The molecule has 0 amide bonds. The number of nitrogens with zero attached hydrogens (tertiary/aromatic N) is 3. The average molecular weight is 348 g/mol. The van der Waals surface area contributed by atoms with Crippen LogP contribution in [0.25, 0.3) is 0 Å². The largest absolute Gasteiger partial charge is 0.439 e. The molecular formula is C20H17FN4O. The van der Waals surface area contributed by atoms with Crippen molar-refractivity contribution in [2.45, 2.75) is 20.4 Å². The molecule has 3 aromatic rings. The molecule has 1 aromatic carbocycles. The maximum Gasteiger partial charge on any atom is 0.224 e. The van der Waals surface area contributed by atoms with Crippen molar-refractivity contribution < 1.29 is 9.13 Å². The second kappa shape index (κ2) is 7.62. The van der Waals surface area contributed by atoms with Gasteiger partial charge in [-0.05, 0) is 38.1 Å². The summed E-state index contributed by atoms with van der Waals surface area (Å²) in [5.74, 6) is 0.379. The van der Waals surface area contributed by atoms with Gasteiger partial charge in [-0.15, -0.1) is 0 Å². The van der Waals surface area contributed by atoms with Gasteiger partial charge in [-0.25, -0.2) is 9.37 Å². The summed E-state index contributed by atoms with van der Waals surface area (Å²) < 4.78 is 19.1. The third-order valence-electron chi connectivity index (χ3n) is 3.77. The Kier molecular flexibility index (Phi) is 5.09. The van der Waals surface area contributed by atoms with E-state index in [1.165, 1.54) is 12.1 Å². The molecule has 2 heterocycles. The van der Waals surface area contributed by atoms with Gasteiger partial charge in [0.15, 0.2) is 0 Å². The zero-order valence-corrected chi connectivity index (χ0v) is 14.5. The summed E-state index contributed by atoms with van der Waals surface area (Å²) in [6.45, 7) is 4.08. The molecule has 0 atom stereocenters. The van der Waals surface area contributed by atoms with Crippen molar-refractivity contribution >= 4 is 5.69 Å². The summed E-state index contributed by atoms with van der Waals surface area (Å²) in [6, 6.07) is 13.6. The predicted molar refractivity (Wildman–Crippen MR) is 96.5 cm³/mol. The summed E-state index contributed by atoms with van der Waals surface area (Å²) in [4.78, 5) is 8.54. The Hall–Kier alpha value is -3.46. The van der Waals surface area contributed by atoms with Crippen LogP contribution in [0.3, 0.4) is 0 Å². The van der Waals surface area contributed by atoms with Gasteiger partial charge >= 0.3 is 0 Å². The zero-order valence-electron chi connectivity index (χ0n) is 14.5. The number of rotatable bonds is 5. The second-order valence-electron chi connectivity index (χ2n) is 5.76. The van der Waals surface area contributed by atoms with E-state index >= 15 is 0 Å². The summed E-state index contributed by atoms with van der Waals surface area (Å²) in [6.07, 6.45) is 1.61. The van der Waals surface area contributed by atoms with Gasteiger partial charge in [-0.3, -0.25) is 4.98 Å². The number of nitrogens with one attached hydrogen (secondary N) is 1. The van der Waals surface area contributed by atoms with Gasteiger partial charge in [0.05, 0.1) is 16.9 Å². The highest BCUT2D eigenvalue weighted by atomic mass is 19.1. The SMILES string of the molecule is Cc1cc(NCc2cccnc2Oc2cccc(F)c2)c(C#N)c(C)n1. The molecule has 0 bridgehead atoms. The molecule has 0 aliphatic carbocycles. The van der Waals surface area contributed by atoms with Crippen molar-refractivity contribution in [1.82, 2.24) is 9.97 Å². The maximum absolute atomic E-state index is 13.3. The molecule has 6 heteroatoms. The number of anilines is 1. The molecule has 0 aliphatic rings. The fourth-order valence-corrected chi connectivity index (χ4v) is 2.59. The molecule has 0 aliphatic heterocycles. The monoisotopic (exact) mass is 348 g/mol. The molecule has 26 heavy (non-hydrogen) atoms. The molecule has 130 valence electrons. The van der Waals surface area contributed by atoms with E-state index in [0.717, 1.165) is 11.3 Å². The van der Waals surface area contributed by atoms with Crippen LogP contribution in [0.2, 0.25) is 0 Å². The minimum absolute atomic E-state index is 0.373. The molecule has 0 radical (unpaired) electrons. The molecule has 5 nitrogen and oxygen atoms in total. The lowest BCUT2D eigenvalue weighted by Gasteiger charge is -2.13. The molecule has 0 spiro atoms. The van der Waals surface area contributed by atoms with E-state index in [9.17, 15) is 9.65 Å². The van der Waals surface area contributed by atoms with Crippen LogP contribution < -0.4 is 10.1 Å². The summed E-state index contributed by atoms with van der Waals surface area (Å²) in [5.41, 5.74) is 3.50. The summed E-state index contributed by atoms with van der Waals surface area (Å²) in [5, 5.41) is 12.6. The third kappa shape index (κ3) is 3.95. The number of hydrogen-bond donors (Lipinski definition) is 1. The number of benzene rings is 1. The van der Waals surface area contributed by atoms with Crippen LogP contribution in [-0.2, 0) is 6.54 Å². The number of halogens is 1. The molecule has 0 unspecified atom stereocenters. The van der Waals surface area contributed by atoms with Crippen LogP contribution in [0, 0.1) is 31.0 Å². The Morgan fingerprint density at radius 1 is 1.19 bits per heavy atom. The fraction of sp³-hybridized carbons (Fsp3) is 0.150. The quantitative estimate of drug-likeness (QED) is 0.734. The first-order valence-electron chi connectivity index (χ1n) is 8.06. The molecular weight excluding hydrogens is 331 g/mol. The fourth-order valence-electron chi connectivity index (χ4n) is 2.59. The molecule has 0 fully saturated rings. The highest BCUT2D eigenvalue weighted by Gasteiger charge is 2.11. The normalized spacial score (nSPS) is 10.2. The van der Waals surface area contributed by atoms with Gasteiger partial charge in [-0.2, -0.15) is 5.26 Å². The zero-order chi connectivity index (χ0) is 18.5. The van der Waals surface area contributed by atoms with Crippen molar-refractivity contribution in [3.8, 4) is 17.7 Å². The van der Waals surface area contributed by atoms with E-state index in [-0.39, 0.29) is 5.82 Å². The Morgan fingerprint density at radius 3 is 2.81 bits per heavy atom. The molecule has 3 rings (SSSR count).